The van der Waals surface area contributed by atoms with E-state index in [4.69, 9.17) is 18.8 Å². The summed E-state index contributed by atoms with van der Waals surface area (Å²) in [5, 5.41) is 17.1. The SMILES string of the molecule is CNN.COc1cccc(C(=O)NN(C(=O)c2ccc(C=O)c(B3OC(C)(C)C(C)(C)O3)c2)C(C)(C)C)c1C.COc1cccc(C(=O)NN(C(=O)c2ccc3c(c2)B(O)N(C)N=C3)C(C)(C)C)c1C. The van der Waals surface area contributed by atoms with E-state index in [0.717, 1.165) is 5.56 Å². The smallest absolute Gasteiger partial charge is 0.495 e. The van der Waals surface area contributed by atoms with Crippen LogP contribution in [0.1, 0.15) is 138 Å². The number of rotatable bonds is 8. The normalized spacial score (nSPS) is 14.5. The third-order valence-corrected chi connectivity index (χ3v) is 12.0. The predicted molar refractivity (Wildman–Crippen MR) is 272 cm³/mol. The van der Waals surface area contributed by atoms with Gasteiger partial charge in [0.1, 0.15) is 17.8 Å². The van der Waals surface area contributed by atoms with Crippen LogP contribution in [-0.4, -0.2) is 121 Å². The zero-order valence-corrected chi connectivity index (χ0v) is 43.2. The van der Waals surface area contributed by atoms with Crippen LogP contribution in [0.3, 0.4) is 0 Å². The van der Waals surface area contributed by atoms with E-state index in [-0.39, 0.29) is 11.5 Å². The van der Waals surface area contributed by atoms with Gasteiger partial charge in [-0.25, -0.2) is 10.0 Å². The van der Waals surface area contributed by atoms with Crippen LogP contribution in [0.15, 0.2) is 77.9 Å². The molecule has 0 unspecified atom stereocenters. The van der Waals surface area contributed by atoms with Crippen molar-refractivity contribution in [1.82, 2.24) is 31.2 Å². The number of benzene rings is 4. The van der Waals surface area contributed by atoms with Crippen molar-refractivity contribution in [3.8, 4) is 11.5 Å². The Kier molecular flexibility index (Phi) is 18.0. The van der Waals surface area contributed by atoms with Crippen LogP contribution in [0.25, 0.3) is 0 Å². The van der Waals surface area contributed by atoms with Gasteiger partial charge in [0, 0.05) is 46.0 Å². The molecule has 2 aliphatic rings. The van der Waals surface area contributed by atoms with Crippen molar-refractivity contribution in [3.05, 3.63) is 117 Å². The van der Waals surface area contributed by atoms with Crippen LogP contribution in [-0.2, 0) is 9.31 Å². The molecule has 6 N–H and O–H groups in total. The first-order valence-electron chi connectivity index (χ1n) is 22.6. The van der Waals surface area contributed by atoms with Gasteiger partial charge in [0.2, 0.25) is 0 Å². The van der Waals surface area contributed by atoms with Crippen molar-refractivity contribution in [2.45, 2.75) is 105 Å². The van der Waals surface area contributed by atoms with Gasteiger partial charge in [-0.3, -0.25) is 46.1 Å². The van der Waals surface area contributed by atoms with Gasteiger partial charge in [-0.15, -0.1) is 0 Å². The Hall–Kier alpha value is -6.57. The first-order chi connectivity index (χ1) is 32.6. The molecule has 4 aromatic rings. The van der Waals surface area contributed by atoms with Crippen molar-refractivity contribution in [2.75, 3.05) is 28.3 Å². The highest BCUT2D eigenvalue weighted by molar-refractivity contribution is 6.65. The van der Waals surface area contributed by atoms with Crippen molar-refractivity contribution in [1.29, 1.82) is 0 Å². The van der Waals surface area contributed by atoms with E-state index in [9.17, 15) is 29.0 Å². The second-order valence-corrected chi connectivity index (χ2v) is 19.6. The second kappa shape index (κ2) is 22.5. The molecule has 70 heavy (non-hydrogen) atoms. The lowest BCUT2D eigenvalue weighted by Gasteiger charge is -2.36. The molecule has 374 valence electrons. The summed E-state index contributed by atoms with van der Waals surface area (Å²) in [7, 11) is 4.61. The molecule has 6 rings (SSSR count). The van der Waals surface area contributed by atoms with Crippen molar-refractivity contribution >= 4 is 61.2 Å². The predicted octanol–water partition coefficient (Wildman–Crippen LogP) is 4.34. The summed E-state index contributed by atoms with van der Waals surface area (Å²) in [6.07, 6.45) is 2.34. The second-order valence-electron chi connectivity index (χ2n) is 19.6. The van der Waals surface area contributed by atoms with E-state index in [1.54, 1.807) is 114 Å². The average molecular weight is 963 g/mol. The number of aldehydes is 1. The first kappa shape index (κ1) is 56.0. The monoisotopic (exact) mass is 963 g/mol. The number of amides is 4. The van der Waals surface area contributed by atoms with Gasteiger partial charge in [-0.1, -0.05) is 24.3 Å². The molecule has 0 aromatic heterocycles. The summed E-state index contributed by atoms with van der Waals surface area (Å²) >= 11 is 0. The van der Waals surface area contributed by atoms with E-state index in [1.165, 1.54) is 22.0 Å². The van der Waals surface area contributed by atoms with Gasteiger partial charge in [-0.2, -0.15) is 5.10 Å². The Morgan fingerprint density at radius 3 is 1.56 bits per heavy atom. The Bertz CT molecular complexity index is 2590. The van der Waals surface area contributed by atoms with Crippen molar-refractivity contribution in [3.63, 3.8) is 0 Å². The highest BCUT2D eigenvalue weighted by atomic mass is 16.7. The van der Waals surface area contributed by atoms with Gasteiger partial charge < -0.3 is 28.7 Å². The molecule has 20 heteroatoms. The number of carbonyl (C=O) groups is 5. The molecule has 4 amide bonds. The molecular formula is C50H68B2N8O10. The van der Waals surface area contributed by atoms with Gasteiger partial charge >= 0.3 is 14.2 Å². The highest BCUT2D eigenvalue weighted by Crippen LogP contribution is 2.37. The number of carbonyl (C=O) groups excluding carboxylic acids is 5. The van der Waals surface area contributed by atoms with Crippen molar-refractivity contribution < 1.29 is 47.8 Å². The van der Waals surface area contributed by atoms with Crippen LogP contribution in [0.5, 0.6) is 11.5 Å². The number of nitrogens with zero attached hydrogens (tertiary/aromatic N) is 4. The molecule has 2 heterocycles. The Labute approximate surface area is 412 Å². The third kappa shape index (κ3) is 12.6. The number of nitrogens with two attached hydrogens (primary N) is 1. The fourth-order valence-electron chi connectivity index (χ4n) is 7.25. The zero-order chi connectivity index (χ0) is 52.7. The van der Waals surface area contributed by atoms with Crippen LogP contribution in [0.4, 0.5) is 0 Å². The maximum absolute atomic E-state index is 13.7. The number of hydrogen-bond donors (Lipinski definition) is 5. The van der Waals surface area contributed by atoms with Gasteiger partial charge in [0.15, 0.2) is 0 Å². The number of ether oxygens (including phenoxy) is 2. The molecule has 0 saturated carbocycles. The Morgan fingerprint density at radius 2 is 1.16 bits per heavy atom. The summed E-state index contributed by atoms with van der Waals surface area (Å²) in [6.45, 7) is 22.2. The van der Waals surface area contributed by atoms with Crippen LogP contribution in [0, 0.1) is 13.8 Å². The average Bonchev–Trinajstić information content (AvgIpc) is 3.52. The molecule has 0 spiro atoms. The number of methoxy groups -OCH3 is 2. The standard InChI is InChI=1S/C27H35BN2O6.C22H27BN4O4.CH6N2/c1-17-20(11-10-12-22(17)34-9)23(32)29-30(25(2,3)4)24(33)18-13-14-19(16-31)21(15-18)28-35-26(5,6)27(7,8)36-28;1-14-17(8-7-9-19(14)31-6)20(28)25-27(22(2,3)4)21(29)15-10-11-16-13-24-26(5)23(30)18(16)12-15;1-3-2/h10-16H,1-9H3,(H,29,32);7-13,30H,1-6H3,(H,25,28);3H,2H2,1H3. The summed E-state index contributed by atoms with van der Waals surface area (Å²) < 4.78 is 22.9. The Balaban J connectivity index is 0.000000291. The summed E-state index contributed by atoms with van der Waals surface area (Å²) in [5.41, 5.74) is 10.0. The minimum Gasteiger partial charge on any atom is -0.496 e. The van der Waals surface area contributed by atoms with Crippen molar-refractivity contribution in [2.24, 2.45) is 10.9 Å². The maximum Gasteiger partial charge on any atom is 0.495 e. The topological polar surface area (TPSA) is 227 Å². The van der Waals surface area contributed by atoms with Gasteiger partial charge in [0.05, 0.1) is 42.7 Å². The van der Waals surface area contributed by atoms with E-state index >= 15 is 0 Å². The fraction of sp³-hybridized carbons (Fsp3) is 0.400. The van der Waals surface area contributed by atoms with E-state index < -0.39 is 54.2 Å². The summed E-state index contributed by atoms with van der Waals surface area (Å²) in [4.78, 5) is 66.5. The number of hydrazine groups is 3. The number of nitrogens with one attached hydrogen (secondary N) is 3. The number of hydrogen-bond acceptors (Lipinski definition) is 14. The maximum atomic E-state index is 13.7. The molecule has 1 saturated heterocycles. The van der Waals surface area contributed by atoms with Crippen LogP contribution >= 0.6 is 0 Å². The zero-order valence-electron chi connectivity index (χ0n) is 43.2. The molecule has 4 aromatic carbocycles. The van der Waals surface area contributed by atoms with Gasteiger partial charge in [0.25, 0.3) is 23.6 Å². The quantitative estimate of drug-likeness (QED) is 0.0718. The van der Waals surface area contributed by atoms with Crippen LogP contribution < -0.4 is 42.5 Å². The van der Waals surface area contributed by atoms with Gasteiger partial charge in [-0.05, 0) is 155 Å². The molecule has 0 atom stereocenters. The summed E-state index contributed by atoms with van der Waals surface area (Å²) in [5.74, 6) is 4.09. The molecule has 0 bridgehead atoms. The summed E-state index contributed by atoms with van der Waals surface area (Å²) in [6, 6.07) is 20.1. The molecule has 2 aliphatic heterocycles. The molecular weight excluding hydrogens is 894 g/mol. The molecule has 0 aliphatic carbocycles. The molecule has 0 radical (unpaired) electrons. The lowest BCUT2D eigenvalue weighted by Crippen LogP contribution is -2.56. The largest absolute Gasteiger partial charge is 0.496 e. The lowest BCUT2D eigenvalue weighted by atomic mass is 9.69. The number of fused-ring (bicyclic) bond motifs is 1. The molecule has 1 fully saturated rings. The number of hydrazone groups is 1. The first-order valence-corrected chi connectivity index (χ1v) is 22.6. The Morgan fingerprint density at radius 1 is 0.743 bits per heavy atom. The lowest BCUT2D eigenvalue weighted by molar-refractivity contribution is 0.00578. The van der Waals surface area contributed by atoms with E-state index in [2.05, 4.69) is 27.2 Å². The van der Waals surface area contributed by atoms with Crippen LogP contribution in [0.2, 0.25) is 0 Å². The highest BCUT2D eigenvalue weighted by Gasteiger charge is 2.52. The van der Waals surface area contributed by atoms with E-state index in [1.807, 2.05) is 69.2 Å². The fourth-order valence-corrected chi connectivity index (χ4v) is 7.25. The minimum atomic E-state index is -0.954. The third-order valence-electron chi connectivity index (χ3n) is 12.0. The minimum absolute atomic E-state index is 0.280. The molecule has 18 nitrogen and oxygen atoms in total. The van der Waals surface area contributed by atoms with E-state index in [0.29, 0.717) is 62.1 Å².